The SMILES string of the molecule is CCOc1ccccc1C(=O)NCC(=O)OCC(=O)c1ccc([C@H](C)CC)cc1. The van der Waals surface area contributed by atoms with E-state index in [-0.39, 0.29) is 18.9 Å². The minimum atomic E-state index is -0.684. The minimum Gasteiger partial charge on any atom is -0.493 e. The highest BCUT2D eigenvalue weighted by atomic mass is 16.5. The van der Waals surface area contributed by atoms with E-state index in [2.05, 4.69) is 19.2 Å². The Balaban J connectivity index is 1.82. The topological polar surface area (TPSA) is 81.7 Å². The van der Waals surface area contributed by atoms with Gasteiger partial charge in [0.15, 0.2) is 12.4 Å². The molecule has 0 unspecified atom stereocenters. The van der Waals surface area contributed by atoms with E-state index in [4.69, 9.17) is 9.47 Å². The molecule has 0 bridgehead atoms. The van der Waals surface area contributed by atoms with Crippen molar-refractivity contribution in [3.63, 3.8) is 0 Å². The van der Waals surface area contributed by atoms with Gasteiger partial charge in [0, 0.05) is 5.56 Å². The number of hydrogen-bond acceptors (Lipinski definition) is 5. The summed E-state index contributed by atoms with van der Waals surface area (Å²) in [7, 11) is 0. The lowest BCUT2D eigenvalue weighted by Gasteiger charge is -2.11. The fourth-order valence-electron chi connectivity index (χ4n) is 2.70. The van der Waals surface area contributed by atoms with Gasteiger partial charge in [-0.15, -0.1) is 0 Å². The standard InChI is InChI=1S/C23H27NO5/c1-4-16(3)17-10-12-18(13-11-17)20(25)15-29-22(26)14-24-23(27)19-8-6-7-9-21(19)28-5-2/h6-13,16H,4-5,14-15H2,1-3H3,(H,24,27)/t16-/m1/s1. The summed E-state index contributed by atoms with van der Waals surface area (Å²) >= 11 is 0. The van der Waals surface area contributed by atoms with Crippen LogP contribution in [0.1, 0.15) is 59.4 Å². The van der Waals surface area contributed by atoms with Gasteiger partial charge in [-0.2, -0.15) is 0 Å². The Labute approximate surface area is 171 Å². The van der Waals surface area contributed by atoms with Crippen LogP contribution >= 0.6 is 0 Å². The third-order valence-corrected chi connectivity index (χ3v) is 4.60. The number of rotatable bonds is 10. The first-order valence-electron chi connectivity index (χ1n) is 9.75. The predicted molar refractivity (Wildman–Crippen MR) is 110 cm³/mol. The molecule has 0 saturated heterocycles. The molecule has 154 valence electrons. The molecule has 6 nitrogen and oxygen atoms in total. The third-order valence-electron chi connectivity index (χ3n) is 4.60. The second kappa shape index (κ2) is 11.0. The number of carbonyl (C=O) groups excluding carboxylic acids is 3. The number of Topliss-reactive ketones (excluding diaryl/α,β-unsaturated/α-hetero) is 1. The van der Waals surface area contributed by atoms with Crippen molar-refractivity contribution in [3.05, 3.63) is 65.2 Å². The zero-order chi connectivity index (χ0) is 21.2. The molecule has 1 N–H and O–H groups in total. The first kappa shape index (κ1) is 22.1. The van der Waals surface area contributed by atoms with Gasteiger partial charge in [-0.1, -0.05) is 50.2 Å². The summed E-state index contributed by atoms with van der Waals surface area (Å²) in [5, 5.41) is 2.48. The van der Waals surface area contributed by atoms with Crippen molar-refractivity contribution in [1.29, 1.82) is 0 Å². The number of esters is 1. The molecule has 0 aliphatic heterocycles. The van der Waals surface area contributed by atoms with E-state index < -0.39 is 11.9 Å². The Morgan fingerprint density at radius 2 is 1.69 bits per heavy atom. The largest absolute Gasteiger partial charge is 0.493 e. The van der Waals surface area contributed by atoms with E-state index >= 15 is 0 Å². The highest BCUT2D eigenvalue weighted by molar-refractivity contribution is 5.99. The van der Waals surface area contributed by atoms with Gasteiger partial charge in [-0.05, 0) is 37.0 Å². The van der Waals surface area contributed by atoms with Crippen LogP contribution < -0.4 is 10.1 Å². The van der Waals surface area contributed by atoms with Crippen LogP contribution in [0.4, 0.5) is 0 Å². The number of ketones is 1. The molecule has 0 saturated carbocycles. The highest BCUT2D eigenvalue weighted by Gasteiger charge is 2.15. The van der Waals surface area contributed by atoms with Gasteiger partial charge in [0.25, 0.3) is 5.91 Å². The van der Waals surface area contributed by atoms with Crippen molar-refractivity contribution < 1.29 is 23.9 Å². The number of carbonyl (C=O) groups is 3. The molecule has 0 fully saturated rings. The Morgan fingerprint density at radius 3 is 2.34 bits per heavy atom. The number of para-hydroxylation sites is 1. The van der Waals surface area contributed by atoms with E-state index in [1.807, 2.05) is 19.1 Å². The van der Waals surface area contributed by atoms with Crippen molar-refractivity contribution in [1.82, 2.24) is 5.32 Å². The summed E-state index contributed by atoms with van der Waals surface area (Å²) < 4.78 is 10.4. The Kier molecular flexibility index (Phi) is 8.40. The van der Waals surface area contributed by atoms with Crippen molar-refractivity contribution in [2.75, 3.05) is 19.8 Å². The van der Waals surface area contributed by atoms with Gasteiger partial charge in [-0.25, -0.2) is 0 Å². The number of ether oxygens (including phenoxy) is 2. The fourth-order valence-corrected chi connectivity index (χ4v) is 2.70. The summed E-state index contributed by atoms with van der Waals surface area (Å²) in [5.74, 6) is -0.554. The van der Waals surface area contributed by atoms with Crippen LogP contribution in [0.5, 0.6) is 5.75 Å². The maximum atomic E-state index is 12.3. The van der Waals surface area contributed by atoms with E-state index in [0.717, 1.165) is 12.0 Å². The summed E-state index contributed by atoms with van der Waals surface area (Å²) in [6, 6.07) is 14.1. The van der Waals surface area contributed by atoms with Crippen LogP contribution in [0.2, 0.25) is 0 Å². The molecule has 0 aliphatic rings. The van der Waals surface area contributed by atoms with Crippen LogP contribution in [0.15, 0.2) is 48.5 Å². The van der Waals surface area contributed by atoms with Crippen molar-refractivity contribution >= 4 is 17.7 Å². The van der Waals surface area contributed by atoms with E-state index in [1.54, 1.807) is 36.4 Å². The molecular formula is C23H27NO5. The number of amides is 1. The van der Waals surface area contributed by atoms with Crippen LogP contribution in [0, 0.1) is 0 Å². The van der Waals surface area contributed by atoms with E-state index in [1.165, 1.54) is 0 Å². The van der Waals surface area contributed by atoms with Crippen LogP contribution in [0.25, 0.3) is 0 Å². The van der Waals surface area contributed by atoms with Gasteiger partial charge >= 0.3 is 5.97 Å². The van der Waals surface area contributed by atoms with Crippen molar-refractivity contribution in [2.45, 2.75) is 33.1 Å². The molecule has 0 spiro atoms. The number of nitrogens with one attached hydrogen (secondary N) is 1. The maximum Gasteiger partial charge on any atom is 0.325 e. The fraction of sp³-hybridized carbons (Fsp3) is 0.348. The molecule has 0 heterocycles. The van der Waals surface area contributed by atoms with Gasteiger partial charge in [0.2, 0.25) is 0 Å². The van der Waals surface area contributed by atoms with Crippen LogP contribution in [-0.4, -0.2) is 37.4 Å². The average molecular weight is 397 g/mol. The first-order valence-corrected chi connectivity index (χ1v) is 9.75. The predicted octanol–water partition coefficient (Wildman–Crippen LogP) is 3.75. The molecule has 1 atom stereocenters. The summed E-state index contributed by atoms with van der Waals surface area (Å²) in [5.41, 5.74) is 1.98. The summed E-state index contributed by atoms with van der Waals surface area (Å²) in [6.45, 7) is 5.78. The number of hydrogen-bond donors (Lipinski definition) is 1. The van der Waals surface area contributed by atoms with Crippen molar-refractivity contribution in [2.24, 2.45) is 0 Å². The third kappa shape index (κ3) is 6.45. The minimum absolute atomic E-state index is 0.290. The van der Waals surface area contributed by atoms with Gasteiger partial charge in [-0.3, -0.25) is 14.4 Å². The van der Waals surface area contributed by atoms with Gasteiger partial charge in [0.1, 0.15) is 12.3 Å². The molecule has 0 radical (unpaired) electrons. The summed E-state index contributed by atoms with van der Waals surface area (Å²) in [6.07, 6.45) is 1.02. The summed E-state index contributed by atoms with van der Waals surface area (Å²) in [4.78, 5) is 36.3. The molecule has 2 aromatic carbocycles. The van der Waals surface area contributed by atoms with Crippen LogP contribution in [0.3, 0.4) is 0 Å². The Morgan fingerprint density at radius 1 is 1.00 bits per heavy atom. The lowest BCUT2D eigenvalue weighted by Crippen LogP contribution is -2.31. The molecule has 1 amide bonds. The molecule has 0 aliphatic carbocycles. The molecule has 6 heteroatoms. The second-order valence-corrected chi connectivity index (χ2v) is 6.63. The van der Waals surface area contributed by atoms with E-state index in [9.17, 15) is 14.4 Å². The van der Waals surface area contributed by atoms with Crippen LogP contribution in [-0.2, 0) is 9.53 Å². The maximum absolute atomic E-state index is 12.3. The monoisotopic (exact) mass is 397 g/mol. The van der Waals surface area contributed by atoms with E-state index in [0.29, 0.717) is 29.4 Å². The highest BCUT2D eigenvalue weighted by Crippen LogP contribution is 2.19. The zero-order valence-electron chi connectivity index (χ0n) is 17.1. The smallest absolute Gasteiger partial charge is 0.325 e. The quantitative estimate of drug-likeness (QED) is 0.488. The second-order valence-electron chi connectivity index (χ2n) is 6.63. The average Bonchev–Trinajstić information content (AvgIpc) is 2.76. The van der Waals surface area contributed by atoms with Gasteiger partial charge in [0.05, 0.1) is 12.2 Å². The molecule has 29 heavy (non-hydrogen) atoms. The first-order chi connectivity index (χ1) is 14.0. The normalized spacial score (nSPS) is 11.4. The molecule has 2 rings (SSSR count). The van der Waals surface area contributed by atoms with Gasteiger partial charge < -0.3 is 14.8 Å². The zero-order valence-corrected chi connectivity index (χ0v) is 17.1. The van der Waals surface area contributed by atoms with Crippen molar-refractivity contribution in [3.8, 4) is 5.75 Å². The Bertz CT molecular complexity index is 845. The molecule has 0 aromatic heterocycles. The molecule has 2 aromatic rings. The lowest BCUT2D eigenvalue weighted by atomic mass is 9.97. The Hall–Kier alpha value is -3.15. The number of benzene rings is 2. The molecular weight excluding hydrogens is 370 g/mol. The lowest BCUT2D eigenvalue weighted by molar-refractivity contribution is -0.141.